The number of sulfonamides is 1. The molecule has 0 aromatic heterocycles. The molecule has 2 unspecified atom stereocenters. The first-order valence-electron chi connectivity index (χ1n) is 12.0. The van der Waals surface area contributed by atoms with Crippen molar-refractivity contribution in [1.82, 2.24) is 9.62 Å². The van der Waals surface area contributed by atoms with Crippen molar-refractivity contribution < 1.29 is 23.4 Å². The zero-order chi connectivity index (χ0) is 26.3. The Morgan fingerprint density at radius 2 is 1.53 bits per heavy atom. The first kappa shape index (κ1) is 27.4. The Kier molecular flexibility index (Phi) is 9.25. The molecule has 3 N–H and O–H groups in total. The summed E-state index contributed by atoms with van der Waals surface area (Å²) in [7, 11) is -3.95. The molecule has 0 heterocycles. The number of amides is 1. The molecular formula is C28H34N2O5S. The SMILES string of the molecule is Cc1ccccc1C(=O)NC(Cc1ccccc1)C(O)CN(CC(C)C)S(=O)(=O)c1ccc(O)cc1. The van der Waals surface area contributed by atoms with Crippen molar-refractivity contribution in [1.29, 1.82) is 0 Å². The smallest absolute Gasteiger partial charge is 0.251 e. The van der Waals surface area contributed by atoms with E-state index < -0.39 is 22.2 Å². The minimum Gasteiger partial charge on any atom is -0.508 e. The molecule has 1 amide bonds. The Morgan fingerprint density at radius 1 is 0.917 bits per heavy atom. The summed E-state index contributed by atoms with van der Waals surface area (Å²) in [5.74, 6) is -0.366. The number of nitrogens with zero attached hydrogens (tertiary/aromatic N) is 1. The van der Waals surface area contributed by atoms with Crippen molar-refractivity contribution in [2.45, 2.75) is 44.2 Å². The largest absolute Gasteiger partial charge is 0.508 e. The summed E-state index contributed by atoms with van der Waals surface area (Å²) in [6, 6.07) is 21.2. The van der Waals surface area contributed by atoms with E-state index in [4.69, 9.17) is 0 Å². The predicted octanol–water partition coefficient (Wildman–Crippen LogP) is 3.75. The maximum absolute atomic E-state index is 13.4. The van der Waals surface area contributed by atoms with Gasteiger partial charge in [0.1, 0.15) is 5.75 Å². The highest BCUT2D eigenvalue weighted by atomic mass is 32.2. The number of phenols is 1. The van der Waals surface area contributed by atoms with Crippen LogP contribution in [0.15, 0.2) is 83.8 Å². The monoisotopic (exact) mass is 510 g/mol. The van der Waals surface area contributed by atoms with Gasteiger partial charge in [0.2, 0.25) is 10.0 Å². The highest BCUT2D eigenvalue weighted by Crippen LogP contribution is 2.21. The first-order chi connectivity index (χ1) is 17.1. The van der Waals surface area contributed by atoms with E-state index in [0.717, 1.165) is 11.1 Å². The number of hydrogen-bond acceptors (Lipinski definition) is 5. The molecule has 3 aromatic rings. The van der Waals surface area contributed by atoms with Crippen LogP contribution in [0, 0.1) is 12.8 Å². The van der Waals surface area contributed by atoms with Crippen LogP contribution in [0.25, 0.3) is 0 Å². The Bertz CT molecular complexity index is 1240. The van der Waals surface area contributed by atoms with Crippen molar-refractivity contribution >= 4 is 15.9 Å². The minimum absolute atomic E-state index is 0.00165. The van der Waals surface area contributed by atoms with E-state index in [1.54, 1.807) is 12.1 Å². The van der Waals surface area contributed by atoms with E-state index in [9.17, 15) is 23.4 Å². The average Bonchev–Trinajstić information content (AvgIpc) is 2.84. The molecule has 0 aliphatic heterocycles. The summed E-state index contributed by atoms with van der Waals surface area (Å²) in [6.45, 7) is 5.61. The highest BCUT2D eigenvalue weighted by Gasteiger charge is 2.31. The van der Waals surface area contributed by atoms with E-state index >= 15 is 0 Å². The molecule has 0 aliphatic rings. The Labute approximate surface area is 213 Å². The summed E-state index contributed by atoms with van der Waals surface area (Å²) in [5.41, 5.74) is 2.21. The van der Waals surface area contributed by atoms with Gasteiger partial charge in [-0.05, 0) is 60.7 Å². The van der Waals surface area contributed by atoms with Gasteiger partial charge in [-0.3, -0.25) is 4.79 Å². The van der Waals surface area contributed by atoms with Crippen LogP contribution in [-0.2, 0) is 16.4 Å². The molecule has 7 nitrogen and oxygen atoms in total. The minimum atomic E-state index is -3.95. The fourth-order valence-corrected chi connectivity index (χ4v) is 5.63. The number of aromatic hydroxyl groups is 1. The van der Waals surface area contributed by atoms with E-state index in [1.165, 1.54) is 28.6 Å². The van der Waals surface area contributed by atoms with E-state index in [0.29, 0.717) is 12.0 Å². The van der Waals surface area contributed by atoms with Gasteiger partial charge in [0, 0.05) is 18.7 Å². The summed E-state index contributed by atoms with van der Waals surface area (Å²) < 4.78 is 28.1. The summed E-state index contributed by atoms with van der Waals surface area (Å²) in [4.78, 5) is 13.1. The maximum Gasteiger partial charge on any atom is 0.251 e. The van der Waals surface area contributed by atoms with Crippen LogP contribution >= 0.6 is 0 Å². The Morgan fingerprint density at radius 3 is 2.14 bits per heavy atom. The number of phenolic OH excluding ortho intramolecular Hbond substituents is 1. The zero-order valence-corrected chi connectivity index (χ0v) is 21.7. The van der Waals surface area contributed by atoms with Gasteiger partial charge in [0.05, 0.1) is 17.0 Å². The average molecular weight is 511 g/mol. The molecular weight excluding hydrogens is 476 g/mol. The third-order valence-electron chi connectivity index (χ3n) is 5.90. The molecule has 0 saturated carbocycles. The molecule has 36 heavy (non-hydrogen) atoms. The Hall–Kier alpha value is -3.20. The van der Waals surface area contributed by atoms with Gasteiger partial charge < -0.3 is 15.5 Å². The lowest BCUT2D eigenvalue weighted by Gasteiger charge is -2.31. The number of aliphatic hydroxyl groups excluding tert-OH is 1. The molecule has 0 saturated heterocycles. The number of aliphatic hydroxyl groups is 1. The second-order valence-corrected chi connectivity index (χ2v) is 11.3. The van der Waals surface area contributed by atoms with Crippen LogP contribution in [0.4, 0.5) is 0 Å². The molecule has 192 valence electrons. The maximum atomic E-state index is 13.4. The van der Waals surface area contributed by atoms with Crippen LogP contribution in [0.5, 0.6) is 5.75 Å². The molecule has 2 atom stereocenters. The lowest BCUT2D eigenvalue weighted by molar-refractivity contribution is 0.0775. The van der Waals surface area contributed by atoms with Crippen LogP contribution in [0.2, 0.25) is 0 Å². The fraction of sp³-hybridized carbons (Fsp3) is 0.321. The summed E-state index contributed by atoms with van der Waals surface area (Å²) >= 11 is 0. The van der Waals surface area contributed by atoms with Gasteiger partial charge in [-0.25, -0.2) is 8.42 Å². The van der Waals surface area contributed by atoms with Crippen LogP contribution in [-0.4, -0.2) is 54.1 Å². The van der Waals surface area contributed by atoms with Crippen LogP contribution in [0.3, 0.4) is 0 Å². The van der Waals surface area contributed by atoms with Gasteiger partial charge in [-0.2, -0.15) is 4.31 Å². The van der Waals surface area contributed by atoms with E-state index in [2.05, 4.69) is 5.32 Å². The van der Waals surface area contributed by atoms with Crippen LogP contribution < -0.4 is 5.32 Å². The lowest BCUT2D eigenvalue weighted by Crippen LogP contribution is -2.51. The van der Waals surface area contributed by atoms with Crippen LogP contribution in [0.1, 0.15) is 35.3 Å². The van der Waals surface area contributed by atoms with Gasteiger partial charge in [0.25, 0.3) is 5.91 Å². The first-order valence-corrected chi connectivity index (χ1v) is 13.4. The van der Waals surface area contributed by atoms with Crippen molar-refractivity contribution in [3.05, 3.63) is 95.6 Å². The van der Waals surface area contributed by atoms with Crippen molar-refractivity contribution in [2.75, 3.05) is 13.1 Å². The van der Waals surface area contributed by atoms with Gasteiger partial charge >= 0.3 is 0 Å². The lowest BCUT2D eigenvalue weighted by atomic mass is 9.99. The summed E-state index contributed by atoms with van der Waals surface area (Å²) in [5, 5.41) is 23.8. The standard InChI is InChI=1S/C28H34N2O5S/c1-20(2)18-30(36(34,35)24-15-13-23(31)14-16-24)19-27(32)26(17-22-10-5-4-6-11-22)29-28(33)25-12-8-7-9-21(25)3/h4-16,20,26-27,31-32H,17-19H2,1-3H3,(H,29,33). The number of carbonyl (C=O) groups is 1. The van der Waals surface area contributed by atoms with Crippen molar-refractivity contribution in [3.8, 4) is 5.75 Å². The fourth-order valence-electron chi connectivity index (χ4n) is 4.01. The van der Waals surface area contributed by atoms with Gasteiger partial charge in [-0.1, -0.05) is 62.4 Å². The van der Waals surface area contributed by atoms with Crippen molar-refractivity contribution in [2.24, 2.45) is 5.92 Å². The Balaban J connectivity index is 1.89. The van der Waals surface area contributed by atoms with E-state index in [1.807, 2.05) is 63.2 Å². The third kappa shape index (κ3) is 7.16. The van der Waals surface area contributed by atoms with Gasteiger partial charge in [0.15, 0.2) is 0 Å². The molecule has 0 fully saturated rings. The number of benzene rings is 3. The number of hydrogen-bond donors (Lipinski definition) is 3. The van der Waals surface area contributed by atoms with Crippen molar-refractivity contribution in [3.63, 3.8) is 0 Å². The number of carbonyl (C=O) groups excluding carboxylic acids is 1. The quantitative estimate of drug-likeness (QED) is 0.364. The normalized spacial score (nSPS) is 13.5. The number of aryl methyl sites for hydroxylation is 1. The molecule has 3 aromatic carbocycles. The highest BCUT2D eigenvalue weighted by molar-refractivity contribution is 7.89. The third-order valence-corrected chi connectivity index (χ3v) is 7.75. The second kappa shape index (κ2) is 12.2. The van der Waals surface area contributed by atoms with E-state index in [-0.39, 0.29) is 35.6 Å². The second-order valence-electron chi connectivity index (χ2n) is 9.36. The zero-order valence-electron chi connectivity index (χ0n) is 20.8. The molecule has 0 aliphatic carbocycles. The molecule has 0 radical (unpaired) electrons. The molecule has 0 spiro atoms. The number of rotatable bonds is 11. The van der Waals surface area contributed by atoms with Gasteiger partial charge in [-0.15, -0.1) is 0 Å². The molecule has 8 heteroatoms. The molecule has 3 rings (SSSR count). The molecule has 0 bridgehead atoms. The topological polar surface area (TPSA) is 107 Å². The number of nitrogens with one attached hydrogen (secondary N) is 1. The summed E-state index contributed by atoms with van der Waals surface area (Å²) in [6.07, 6.45) is -0.849. The predicted molar refractivity (Wildman–Crippen MR) is 140 cm³/mol.